The molecule has 1 amide bonds. The lowest BCUT2D eigenvalue weighted by molar-refractivity contribution is 0.109. The maximum Gasteiger partial charge on any atom is 0.408 e. The highest BCUT2D eigenvalue weighted by molar-refractivity contribution is 9.10. The van der Waals surface area contributed by atoms with Crippen molar-refractivity contribution >= 4 is 35.5 Å². The number of carbonyl (C=O) groups is 1. The predicted molar refractivity (Wildman–Crippen MR) is 104 cm³/mol. The molecule has 26 heavy (non-hydrogen) atoms. The van der Waals surface area contributed by atoms with Crippen LogP contribution in [0.25, 0.3) is 0 Å². The summed E-state index contributed by atoms with van der Waals surface area (Å²) in [5.41, 5.74) is -1.01. The molecule has 2 aromatic carbocycles. The van der Waals surface area contributed by atoms with Gasteiger partial charge in [-0.05, 0) is 23.8 Å². The smallest absolute Gasteiger partial charge is 0.408 e. The molecule has 2 rings (SSSR count). The van der Waals surface area contributed by atoms with Gasteiger partial charge in [0.05, 0.1) is 0 Å². The van der Waals surface area contributed by atoms with Crippen molar-refractivity contribution in [1.82, 2.24) is 5.32 Å². The Balaban J connectivity index is 0.00000338. The van der Waals surface area contributed by atoms with Gasteiger partial charge in [-0.2, -0.15) is 13.5 Å². The number of hydrogen-bond acceptors (Lipinski definition) is 3. The molecule has 0 unspecified atom stereocenters. The summed E-state index contributed by atoms with van der Waals surface area (Å²) in [5, 5.41) is 11.7. The fraction of sp³-hybridized carbons (Fsp3) is 0.278. The molecule has 2 aromatic rings. The standard InChI is InChI=1S/C18H18BrF2NO3.H2S/c19-14-6-7-16(21)15(10-14)18(12-20,8-9-23)22-17(24)25-11-13-4-2-1-3-5-13;/h1-7,10,23H,8-9,11-12H2,(H,22,24);1H2/t18-;/m1./s1. The Morgan fingerprint density at radius 1 is 1.23 bits per heavy atom. The van der Waals surface area contributed by atoms with Crippen LogP contribution in [0.4, 0.5) is 13.6 Å². The molecule has 2 N–H and O–H groups in total. The van der Waals surface area contributed by atoms with E-state index in [1.54, 1.807) is 24.3 Å². The van der Waals surface area contributed by atoms with Gasteiger partial charge in [-0.15, -0.1) is 0 Å². The molecule has 0 radical (unpaired) electrons. The summed E-state index contributed by atoms with van der Waals surface area (Å²) >= 11 is 3.20. The fourth-order valence-corrected chi connectivity index (χ4v) is 2.81. The molecule has 0 fully saturated rings. The normalized spacial score (nSPS) is 12.6. The zero-order chi connectivity index (χ0) is 18.3. The fourth-order valence-electron chi connectivity index (χ4n) is 2.45. The summed E-state index contributed by atoms with van der Waals surface area (Å²) in [6.45, 7) is -1.54. The summed E-state index contributed by atoms with van der Waals surface area (Å²) in [6, 6.07) is 13.0. The summed E-state index contributed by atoms with van der Waals surface area (Å²) in [6.07, 6.45) is -1.09. The number of nitrogens with one attached hydrogen (secondary N) is 1. The number of hydrogen-bond donors (Lipinski definition) is 2. The number of carbonyl (C=O) groups excluding carboxylic acids is 1. The van der Waals surface area contributed by atoms with Gasteiger partial charge < -0.3 is 15.2 Å². The quantitative estimate of drug-likeness (QED) is 0.669. The first-order chi connectivity index (χ1) is 12.0. The van der Waals surface area contributed by atoms with Gasteiger partial charge in [0.2, 0.25) is 0 Å². The molecular weight excluding hydrogens is 428 g/mol. The van der Waals surface area contributed by atoms with E-state index in [0.717, 1.165) is 11.6 Å². The van der Waals surface area contributed by atoms with Crippen molar-refractivity contribution in [2.75, 3.05) is 13.3 Å². The molecular formula is C18H20BrF2NO3S. The van der Waals surface area contributed by atoms with Crippen LogP contribution in [0.2, 0.25) is 0 Å². The Bertz CT molecular complexity index is 721. The van der Waals surface area contributed by atoms with Crippen molar-refractivity contribution in [3.8, 4) is 0 Å². The Labute approximate surface area is 166 Å². The first-order valence-corrected chi connectivity index (χ1v) is 8.41. The van der Waals surface area contributed by atoms with Gasteiger partial charge >= 0.3 is 6.09 Å². The Morgan fingerprint density at radius 2 is 1.92 bits per heavy atom. The number of amides is 1. The van der Waals surface area contributed by atoms with Crippen LogP contribution >= 0.6 is 29.4 Å². The van der Waals surface area contributed by atoms with Crippen molar-refractivity contribution in [3.63, 3.8) is 0 Å². The van der Waals surface area contributed by atoms with Gasteiger partial charge in [-0.1, -0.05) is 46.3 Å². The third kappa shape index (κ3) is 5.69. The molecule has 8 heteroatoms. The lowest BCUT2D eigenvalue weighted by Gasteiger charge is -2.32. The van der Waals surface area contributed by atoms with Crippen LogP contribution in [-0.2, 0) is 16.9 Å². The molecule has 0 aliphatic heterocycles. The first-order valence-electron chi connectivity index (χ1n) is 7.62. The number of aliphatic hydroxyl groups excluding tert-OH is 1. The molecule has 0 spiro atoms. The summed E-state index contributed by atoms with van der Waals surface area (Å²) in [5.74, 6) is -0.683. The minimum atomic E-state index is -1.71. The van der Waals surface area contributed by atoms with Gasteiger partial charge in [0.15, 0.2) is 0 Å². The molecule has 0 heterocycles. The first kappa shape index (κ1) is 22.4. The zero-order valence-electron chi connectivity index (χ0n) is 13.8. The van der Waals surface area contributed by atoms with E-state index in [-0.39, 0.29) is 32.1 Å². The van der Waals surface area contributed by atoms with Crippen molar-refractivity contribution in [1.29, 1.82) is 0 Å². The number of aliphatic hydroxyl groups is 1. The molecule has 0 bridgehead atoms. The highest BCUT2D eigenvalue weighted by atomic mass is 79.9. The van der Waals surface area contributed by atoms with Crippen LogP contribution in [0.3, 0.4) is 0 Å². The molecule has 0 saturated carbocycles. The number of alkyl halides is 1. The zero-order valence-corrected chi connectivity index (χ0v) is 16.4. The van der Waals surface area contributed by atoms with Gasteiger partial charge in [0.1, 0.15) is 24.6 Å². The van der Waals surface area contributed by atoms with Crippen LogP contribution in [0.5, 0.6) is 0 Å². The van der Waals surface area contributed by atoms with Crippen LogP contribution in [-0.4, -0.2) is 24.5 Å². The topological polar surface area (TPSA) is 58.6 Å². The predicted octanol–water partition coefficient (Wildman–Crippen LogP) is 4.17. The lowest BCUT2D eigenvalue weighted by atomic mass is 9.87. The van der Waals surface area contributed by atoms with Crippen LogP contribution in [0.1, 0.15) is 17.5 Å². The highest BCUT2D eigenvalue weighted by Gasteiger charge is 2.37. The largest absolute Gasteiger partial charge is 0.445 e. The number of ether oxygens (including phenoxy) is 1. The number of rotatable bonds is 7. The van der Waals surface area contributed by atoms with E-state index >= 15 is 0 Å². The van der Waals surface area contributed by atoms with Crippen molar-refractivity contribution in [3.05, 3.63) is 69.9 Å². The Kier molecular flexibility index (Phi) is 9.04. The van der Waals surface area contributed by atoms with Crippen molar-refractivity contribution in [2.24, 2.45) is 0 Å². The van der Waals surface area contributed by atoms with Crippen molar-refractivity contribution in [2.45, 2.75) is 18.6 Å². The molecule has 1 atom stereocenters. The van der Waals surface area contributed by atoms with Crippen LogP contribution in [0, 0.1) is 5.82 Å². The third-order valence-corrected chi connectivity index (χ3v) is 4.26. The van der Waals surface area contributed by atoms with E-state index in [4.69, 9.17) is 4.74 Å². The van der Waals surface area contributed by atoms with Gasteiger partial charge in [0, 0.05) is 23.1 Å². The Hall–Kier alpha value is -1.64. The summed E-state index contributed by atoms with van der Waals surface area (Å²) < 4.78 is 33.7. The minimum Gasteiger partial charge on any atom is -0.445 e. The number of benzene rings is 2. The van der Waals surface area contributed by atoms with E-state index < -0.39 is 30.7 Å². The van der Waals surface area contributed by atoms with Crippen molar-refractivity contribution < 1.29 is 23.4 Å². The Morgan fingerprint density at radius 3 is 2.54 bits per heavy atom. The molecule has 0 saturated heterocycles. The van der Waals surface area contributed by atoms with Gasteiger partial charge in [0.25, 0.3) is 0 Å². The van der Waals surface area contributed by atoms with E-state index in [1.807, 2.05) is 6.07 Å². The summed E-state index contributed by atoms with van der Waals surface area (Å²) in [7, 11) is 0. The highest BCUT2D eigenvalue weighted by Crippen LogP contribution is 2.30. The van der Waals surface area contributed by atoms with E-state index in [1.165, 1.54) is 12.1 Å². The molecule has 0 aliphatic rings. The van der Waals surface area contributed by atoms with E-state index in [0.29, 0.717) is 4.47 Å². The SMILES string of the molecule is O=C(N[C@@](CF)(CCO)c1cc(Br)ccc1F)OCc1ccccc1.S. The van der Waals surface area contributed by atoms with E-state index in [2.05, 4.69) is 21.2 Å². The maximum atomic E-state index is 14.2. The average molecular weight is 448 g/mol. The average Bonchev–Trinajstić information content (AvgIpc) is 2.62. The molecule has 142 valence electrons. The third-order valence-electron chi connectivity index (χ3n) is 3.76. The van der Waals surface area contributed by atoms with E-state index in [9.17, 15) is 18.7 Å². The lowest BCUT2D eigenvalue weighted by Crippen LogP contribution is -2.49. The van der Waals surface area contributed by atoms with Gasteiger partial charge in [-0.25, -0.2) is 13.6 Å². The monoisotopic (exact) mass is 447 g/mol. The second-order valence-electron chi connectivity index (χ2n) is 5.50. The molecule has 4 nitrogen and oxygen atoms in total. The number of halogens is 3. The van der Waals surface area contributed by atoms with Gasteiger partial charge in [-0.3, -0.25) is 0 Å². The maximum absolute atomic E-state index is 14.2. The van der Waals surface area contributed by atoms with Crippen LogP contribution < -0.4 is 5.32 Å². The minimum absolute atomic E-state index is 0. The summed E-state index contributed by atoms with van der Waals surface area (Å²) in [4.78, 5) is 12.1. The second kappa shape index (κ2) is 10.5. The molecule has 0 aliphatic carbocycles. The van der Waals surface area contributed by atoms with Crippen LogP contribution in [0.15, 0.2) is 53.0 Å². The number of alkyl carbamates (subject to hydrolysis) is 1. The molecule has 0 aromatic heterocycles. The second-order valence-corrected chi connectivity index (χ2v) is 6.42.